The Bertz CT molecular complexity index is 753. The summed E-state index contributed by atoms with van der Waals surface area (Å²) in [6.45, 7) is 2.42. The largest absolute Gasteiger partial charge is 0.497 e. The number of methoxy groups -OCH3 is 2. The van der Waals surface area contributed by atoms with Crippen molar-refractivity contribution in [2.45, 2.75) is 25.7 Å². The van der Waals surface area contributed by atoms with E-state index in [1.165, 1.54) is 12.0 Å². The number of aryl methyl sites for hydroxylation is 1. The van der Waals surface area contributed by atoms with Crippen LogP contribution < -0.4 is 14.8 Å². The van der Waals surface area contributed by atoms with Crippen molar-refractivity contribution in [1.29, 1.82) is 0 Å². The topological polar surface area (TPSA) is 50.8 Å². The van der Waals surface area contributed by atoms with Crippen LogP contribution in [0.4, 0.5) is 5.69 Å². The molecule has 1 heterocycles. The van der Waals surface area contributed by atoms with Crippen molar-refractivity contribution in [2.75, 3.05) is 39.2 Å². The van der Waals surface area contributed by atoms with Gasteiger partial charge in [0.15, 0.2) is 0 Å². The summed E-state index contributed by atoms with van der Waals surface area (Å²) in [4.78, 5) is 14.6. The van der Waals surface area contributed by atoms with Crippen LogP contribution >= 0.6 is 0 Å². The molecule has 0 saturated carbocycles. The second kappa shape index (κ2) is 10.1. The molecule has 150 valence electrons. The van der Waals surface area contributed by atoms with Crippen molar-refractivity contribution in [3.05, 3.63) is 54.1 Å². The van der Waals surface area contributed by atoms with Crippen LogP contribution in [-0.2, 0) is 11.2 Å². The van der Waals surface area contributed by atoms with Crippen molar-refractivity contribution in [1.82, 2.24) is 4.90 Å². The summed E-state index contributed by atoms with van der Waals surface area (Å²) in [7, 11) is 3.32. The van der Waals surface area contributed by atoms with Gasteiger partial charge in [0.2, 0.25) is 5.91 Å². The van der Waals surface area contributed by atoms with E-state index in [1.807, 2.05) is 36.4 Å². The standard InChI is InChI=1S/C23H30N2O3/c1-27-21-10-8-18(9-11-21)6-7-19-12-14-25(15-13-19)17-23(26)24-20-4-3-5-22(16-20)28-2/h3-5,8-11,16,19H,6-7,12-15,17H2,1-2H3,(H,24,26). The number of rotatable bonds is 8. The molecule has 5 nitrogen and oxygen atoms in total. The molecule has 0 aromatic heterocycles. The van der Waals surface area contributed by atoms with Gasteiger partial charge >= 0.3 is 0 Å². The number of benzene rings is 2. The van der Waals surface area contributed by atoms with Gasteiger partial charge in [-0.15, -0.1) is 0 Å². The minimum Gasteiger partial charge on any atom is -0.497 e. The van der Waals surface area contributed by atoms with E-state index in [1.54, 1.807) is 14.2 Å². The minimum atomic E-state index is 0.0323. The summed E-state index contributed by atoms with van der Waals surface area (Å²) in [5.41, 5.74) is 2.14. The van der Waals surface area contributed by atoms with E-state index in [9.17, 15) is 4.79 Å². The van der Waals surface area contributed by atoms with Crippen LogP contribution in [0.25, 0.3) is 0 Å². The SMILES string of the molecule is COc1ccc(CCC2CCN(CC(=O)Nc3cccc(OC)c3)CC2)cc1. The molecule has 1 saturated heterocycles. The Morgan fingerprint density at radius 1 is 1.04 bits per heavy atom. The first kappa shape index (κ1) is 20.2. The van der Waals surface area contributed by atoms with Crippen LogP contribution in [0, 0.1) is 5.92 Å². The molecule has 0 unspecified atom stereocenters. The summed E-state index contributed by atoms with van der Waals surface area (Å²) < 4.78 is 10.4. The van der Waals surface area contributed by atoms with Crippen LogP contribution in [-0.4, -0.2) is 44.7 Å². The number of hydrogen-bond acceptors (Lipinski definition) is 4. The molecule has 1 amide bonds. The fraction of sp³-hybridized carbons (Fsp3) is 0.435. The number of nitrogens with one attached hydrogen (secondary N) is 1. The molecular formula is C23H30N2O3. The van der Waals surface area contributed by atoms with E-state index in [4.69, 9.17) is 9.47 Å². The molecule has 0 bridgehead atoms. The molecule has 2 aromatic rings. The lowest BCUT2D eigenvalue weighted by molar-refractivity contribution is -0.117. The maximum Gasteiger partial charge on any atom is 0.238 e. The molecule has 0 atom stereocenters. The van der Waals surface area contributed by atoms with E-state index in [2.05, 4.69) is 22.3 Å². The van der Waals surface area contributed by atoms with Gasteiger partial charge in [0.1, 0.15) is 11.5 Å². The first-order valence-electron chi connectivity index (χ1n) is 9.95. The zero-order chi connectivity index (χ0) is 19.8. The van der Waals surface area contributed by atoms with Crippen LogP contribution in [0.1, 0.15) is 24.8 Å². The van der Waals surface area contributed by atoms with Gasteiger partial charge in [-0.25, -0.2) is 0 Å². The van der Waals surface area contributed by atoms with Gasteiger partial charge in [-0.05, 0) is 74.5 Å². The Kier molecular flexibility index (Phi) is 7.31. The molecule has 5 heteroatoms. The quantitative estimate of drug-likeness (QED) is 0.750. The summed E-state index contributed by atoms with van der Waals surface area (Å²) in [5.74, 6) is 2.42. The van der Waals surface area contributed by atoms with Crippen molar-refractivity contribution in [3.63, 3.8) is 0 Å². The number of piperidine rings is 1. The molecule has 28 heavy (non-hydrogen) atoms. The lowest BCUT2D eigenvalue weighted by Gasteiger charge is -2.31. The average Bonchev–Trinajstić information content (AvgIpc) is 2.73. The Morgan fingerprint density at radius 3 is 2.43 bits per heavy atom. The number of hydrogen-bond donors (Lipinski definition) is 1. The second-order valence-corrected chi connectivity index (χ2v) is 7.39. The smallest absolute Gasteiger partial charge is 0.238 e. The molecule has 1 fully saturated rings. The predicted octanol–water partition coefficient (Wildman–Crippen LogP) is 3.99. The van der Waals surface area contributed by atoms with Gasteiger partial charge in [0, 0.05) is 11.8 Å². The van der Waals surface area contributed by atoms with Crippen molar-refractivity contribution in [3.8, 4) is 11.5 Å². The van der Waals surface area contributed by atoms with Gasteiger partial charge in [0.05, 0.1) is 20.8 Å². The molecule has 1 N–H and O–H groups in total. The Labute approximate surface area is 167 Å². The maximum absolute atomic E-state index is 12.3. The van der Waals surface area contributed by atoms with Crippen LogP contribution in [0.2, 0.25) is 0 Å². The molecule has 3 rings (SSSR count). The summed E-state index contributed by atoms with van der Waals surface area (Å²) in [5, 5.41) is 2.96. The third-order valence-electron chi connectivity index (χ3n) is 5.43. The molecule has 2 aromatic carbocycles. The number of carbonyl (C=O) groups excluding carboxylic acids is 1. The Morgan fingerprint density at radius 2 is 1.75 bits per heavy atom. The summed E-state index contributed by atoms with van der Waals surface area (Å²) >= 11 is 0. The normalized spacial score (nSPS) is 15.2. The average molecular weight is 383 g/mol. The monoisotopic (exact) mass is 382 g/mol. The van der Waals surface area contributed by atoms with Gasteiger partial charge in [-0.1, -0.05) is 18.2 Å². The zero-order valence-electron chi connectivity index (χ0n) is 16.8. The van der Waals surface area contributed by atoms with E-state index in [0.29, 0.717) is 6.54 Å². The van der Waals surface area contributed by atoms with Crippen molar-refractivity contribution >= 4 is 11.6 Å². The highest BCUT2D eigenvalue weighted by Crippen LogP contribution is 2.23. The third-order valence-corrected chi connectivity index (χ3v) is 5.43. The lowest BCUT2D eigenvalue weighted by atomic mass is 9.90. The van der Waals surface area contributed by atoms with Gasteiger partial charge in [0.25, 0.3) is 0 Å². The first-order chi connectivity index (χ1) is 13.7. The fourth-order valence-corrected chi connectivity index (χ4v) is 3.70. The van der Waals surface area contributed by atoms with E-state index < -0.39 is 0 Å². The van der Waals surface area contributed by atoms with Crippen LogP contribution in [0.5, 0.6) is 11.5 Å². The molecular weight excluding hydrogens is 352 g/mol. The van der Waals surface area contributed by atoms with Crippen molar-refractivity contribution in [2.24, 2.45) is 5.92 Å². The molecule has 0 aliphatic carbocycles. The van der Waals surface area contributed by atoms with E-state index in [0.717, 1.165) is 55.5 Å². The molecule has 1 aliphatic rings. The van der Waals surface area contributed by atoms with E-state index in [-0.39, 0.29) is 5.91 Å². The summed E-state index contributed by atoms with van der Waals surface area (Å²) in [6.07, 6.45) is 4.62. The number of likely N-dealkylation sites (tertiary alicyclic amines) is 1. The van der Waals surface area contributed by atoms with Gasteiger partial charge < -0.3 is 14.8 Å². The number of carbonyl (C=O) groups is 1. The van der Waals surface area contributed by atoms with Crippen LogP contribution in [0.3, 0.4) is 0 Å². The number of nitrogens with zero attached hydrogens (tertiary/aromatic N) is 1. The summed E-state index contributed by atoms with van der Waals surface area (Å²) in [6, 6.07) is 15.8. The minimum absolute atomic E-state index is 0.0323. The number of amides is 1. The molecule has 0 spiro atoms. The Hall–Kier alpha value is -2.53. The molecule has 0 radical (unpaired) electrons. The van der Waals surface area contributed by atoms with Crippen molar-refractivity contribution < 1.29 is 14.3 Å². The highest BCUT2D eigenvalue weighted by atomic mass is 16.5. The van der Waals surface area contributed by atoms with Gasteiger partial charge in [-0.3, -0.25) is 9.69 Å². The zero-order valence-corrected chi connectivity index (χ0v) is 16.8. The first-order valence-corrected chi connectivity index (χ1v) is 9.95. The number of ether oxygens (including phenoxy) is 2. The van der Waals surface area contributed by atoms with Crippen LogP contribution in [0.15, 0.2) is 48.5 Å². The highest BCUT2D eigenvalue weighted by Gasteiger charge is 2.20. The number of anilines is 1. The lowest BCUT2D eigenvalue weighted by Crippen LogP contribution is -2.39. The Balaban J connectivity index is 1.37. The molecule has 1 aliphatic heterocycles. The third kappa shape index (κ3) is 5.99. The fourth-order valence-electron chi connectivity index (χ4n) is 3.70. The predicted molar refractivity (Wildman–Crippen MR) is 112 cm³/mol. The van der Waals surface area contributed by atoms with E-state index >= 15 is 0 Å². The van der Waals surface area contributed by atoms with Gasteiger partial charge in [-0.2, -0.15) is 0 Å². The maximum atomic E-state index is 12.3. The highest BCUT2D eigenvalue weighted by molar-refractivity contribution is 5.92. The second-order valence-electron chi connectivity index (χ2n) is 7.39.